The van der Waals surface area contributed by atoms with Crippen molar-refractivity contribution in [2.24, 2.45) is 16.6 Å². The van der Waals surface area contributed by atoms with E-state index in [-0.39, 0.29) is 23.8 Å². The molecule has 1 aliphatic carbocycles. The van der Waals surface area contributed by atoms with Crippen LogP contribution in [0.15, 0.2) is 23.2 Å². The maximum Gasteiger partial charge on any atom is 0.262 e. The van der Waals surface area contributed by atoms with Crippen LogP contribution in [0, 0.1) is 17.6 Å². The number of guanidine groups is 1. The van der Waals surface area contributed by atoms with E-state index in [0.29, 0.717) is 31.6 Å². The first kappa shape index (κ1) is 15.5. The molecule has 4 rings (SSSR count). The average molecular weight is 335 g/mol. The van der Waals surface area contributed by atoms with Gasteiger partial charge < -0.3 is 10.5 Å². The van der Waals surface area contributed by atoms with E-state index < -0.39 is 17.2 Å². The van der Waals surface area contributed by atoms with Gasteiger partial charge in [-0.25, -0.2) is 13.8 Å². The zero-order valence-corrected chi connectivity index (χ0v) is 13.2. The van der Waals surface area contributed by atoms with Crippen LogP contribution in [0.4, 0.5) is 8.78 Å². The van der Waals surface area contributed by atoms with Gasteiger partial charge in [0.1, 0.15) is 0 Å². The maximum atomic E-state index is 13.8. The fourth-order valence-corrected chi connectivity index (χ4v) is 3.79. The molecule has 1 atom stereocenters. The van der Waals surface area contributed by atoms with Crippen LogP contribution in [0.25, 0.3) is 0 Å². The predicted molar refractivity (Wildman–Crippen MR) is 83.1 cm³/mol. The van der Waals surface area contributed by atoms with Crippen LogP contribution in [0.2, 0.25) is 0 Å². The highest BCUT2D eigenvalue weighted by molar-refractivity contribution is 6.08. The number of hydrogen-bond donors (Lipinski definition) is 1. The van der Waals surface area contributed by atoms with Gasteiger partial charge >= 0.3 is 0 Å². The van der Waals surface area contributed by atoms with Crippen LogP contribution in [0.3, 0.4) is 0 Å². The minimum absolute atomic E-state index is 0.0155. The monoisotopic (exact) mass is 335 g/mol. The van der Waals surface area contributed by atoms with Crippen LogP contribution < -0.4 is 5.73 Å². The number of rotatable bonds is 3. The summed E-state index contributed by atoms with van der Waals surface area (Å²) < 4.78 is 32.4. The fourth-order valence-electron chi connectivity index (χ4n) is 3.79. The number of hydrogen-bond acceptors (Lipinski definition) is 4. The van der Waals surface area contributed by atoms with E-state index in [2.05, 4.69) is 4.99 Å². The van der Waals surface area contributed by atoms with Crippen molar-refractivity contribution in [1.82, 2.24) is 4.90 Å². The van der Waals surface area contributed by atoms with Crippen molar-refractivity contribution >= 4 is 11.9 Å². The second-order valence-electron chi connectivity index (χ2n) is 6.66. The second-order valence-corrected chi connectivity index (χ2v) is 6.66. The molecular formula is C17H19F2N3O2. The molecule has 2 aliphatic heterocycles. The zero-order chi connectivity index (χ0) is 16.9. The number of carbonyl (C=O) groups excluding carboxylic acids is 1. The first-order valence-corrected chi connectivity index (χ1v) is 8.26. The summed E-state index contributed by atoms with van der Waals surface area (Å²) in [6, 6.07) is 3.51. The largest absolute Gasteiger partial charge is 0.381 e. The summed E-state index contributed by atoms with van der Waals surface area (Å²) in [6.07, 6.45) is 3.03. The van der Waals surface area contributed by atoms with Crippen molar-refractivity contribution in [3.63, 3.8) is 0 Å². The minimum Gasteiger partial charge on any atom is -0.381 e. The highest BCUT2D eigenvalue weighted by Crippen LogP contribution is 2.52. The molecule has 1 unspecified atom stereocenters. The normalized spacial score (nSPS) is 28.3. The lowest BCUT2D eigenvalue weighted by Crippen LogP contribution is -2.51. The third-order valence-electron chi connectivity index (χ3n) is 5.17. The lowest BCUT2D eigenvalue weighted by molar-refractivity contribution is -0.135. The average Bonchev–Trinajstić information content (AvgIpc) is 3.38. The molecule has 3 aliphatic rings. The number of nitrogens with zero attached hydrogens (tertiary/aromatic N) is 2. The third kappa shape index (κ3) is 2.22. The summed E-state index contributed by atoms with van der Waals surface area (Å²) >= 11 is 0. The van der Waals surface area contributed by atoms with Gasteiger partial charge in [0.25, 0.3) is 5.91 Å². The Bertz CT molecular complexity index is 714. The van der Waals surface area contributed by atoms with Crippen molar-refractivity contribution < 1.29 is 18.3 Å². The van der Waals surface area contributed by atoms with E-state index in [9.17, 15) is 13.6 Å². The molecule has 128 valence electrons. The van der Waals surface area contributed by atoms with Gasteiger partial charge in [-0.15, -0.1) is 0 Å². The molecule has 0 radical (unpaired) electrons. The molecule has 24 heavy (non-hydrogen) atoms. The number of benzene rings is 1. The van der Waals surface area contributed by atoms with Crippen LogP contribution in [-0.2, 0) is 15.1 Å². The Kier molecular flexibility index (Phi) is 3.56. The van der Waals surface area contributed by atoms with Gasteiger partial charge in [-0.2, -0.15) is 0 Å². The Balaban J connectivity index is 1.75. The summed E-state index contributed by atoms with van der Waals surface area (Å²) in [5, 5.41) is 0. The van der Waals surface area contributed by atoms with Gasteiger partial charge in [0.2, 0.25) is 0 Å². The molecule has 1 saturated carbocycles. The number of aliphatic imine (C=N–C) groups is 1. The molecule has 0 spiro atoms. The molecule has 1 amide bonds. The fraction of sp³-hybridized carbons (Fsp3) is 0.529. The Morgan fingerprint density at radius 3 is 2.50 bits per heavy atom. The minimum atomic E-state index is -1.21. The first-order chi connectivity index (χ1) is 11.5. The van der Waals surface area contributed by atoms with Gasteiger partial charge in [0.15, 0.2) is 23.1 Å². The van der Waals surface area contributed by atoms with E-state index in [4.69, 9.17) is 10.5 Å². The topological polar surface area (TPSA) is 67.9 Å². The Hall–Kier alpha value is -2.02. The van der Waals surface area contributed by atoms with Crippen LogP contribution >= 0.6 is 0 Å². The van der Waals surface area contributed by atoms with Crippen LogP contribution in [0.5, 0.6) is 0 Å². The summed E-state index contributed by atoms with van der Waals surface area (Å²) in [5.41, 5.74) is 5.26. The molecule has 0 bridgehead atoms. The molecule has 2 N–H and O–H groups in total. The molecule has 5 nitrogen and oxygen atoms in total. The molecule has 1 aromatic rings. The standard InChI is InChI=1S/C17H19F2N3O2/c18-13-4-3-11(9-14(13)19)17(10-1-2-10)15(23)22(16(20)21-17)12-5-7-24-8-6-12/h3-4,9-10,12H,1-2,5-8H2,(H2,20,21). The number of ether oxygens (including phenoxy) is 1. The lowest BCUT2D eigenvalue weighted by atomic mass is 9.84. The molecule has 0 aromatic heterocycles. The van der Waals surface area contributed by atoms with Crippen molar-refractivity contribution in [2.75, 3.05) is 13.2 Å². The van der Waals surface area contributed by atoms with Gasteiger partial charge in [0.05, 0.1) is 0 Å². The van der Waals surface area contributed by atoms with E-state index in [1.807, 2.05) is 0 Å². The summed E-state index contributed by atoms with van der Waals surface area (Å²) in [7, 11) is 0. The van der Waals surface area contributed by atoms with Gasteiger partial charge in [-0.05, 0) is 49.3 Å². The lowest BCUT2D eigenvalue weighted by Gasteiger charge is -2.33. The molecule has 1 aromatic carbocycles. The maximum absolute atomic E-state index is 13.8. The number of carbonyl (C=O) groups is 1. The molecule has 2 fully saturated rings. The number of halogens is 2. The van der Waals surface area contributed by atoms with Crippen LogP contribution in [0.1, 0.15) is 31.2 Å². The molecule has 1 saturated heterocycles. The third-order valence-corrected chi connectivity index (χ3v) is 5.17. The van der Waals surface area contributed by atoms with Gasteiger partial charge in [-0.1, -0.05) is 6.07 Å². The predicted octanol–water partition coefficient (Wildman–Crippen LogP) is 1.91. The smallest absolute Gasteiger partial charge is 0.262 e. The van der Waals surface area contributed by atoms with E-state index in [0.717, 1.165) is 25.0 Å². The summed E-state index contributed by atoms with van der Waals surface area (Å²) in [4.78, 5) is 19.3. The molecular weight excluding hydrogens is 316 g/mol. The molecule has 2 heterocycles. The SMILES string of the molecule is NC1=NC(c2ccc(F)c(F)c2)(C2CC2)C(=O)N1C1CCOCC1. The van der Waals surface area contributed by atoms with E-state index in [1.54, 1.807) is 4.90 Å². The van der Waals surface area contributed by atoms with Gasteiger partial charge in [0, 0.05) is 19.3 Å². The Morgan fingerprint density at radius 2 is 1.88 bits per heavy atom. The number of nitrogens with two attached hydrogens (primary N) is 1. The van der Waals surface area contributed by atoms with Crippen molar-refractivity contribution in [3.05, 3.63) is 35.4 Å². The second kappa shape index (κ2) is 5.51. The number of amides is 1. The summed E-state index contributed by atoms with van der Waals surface area (Å²) in [6.45, 7) is 1.15. The van der Waals surface area contributed by atoms with Gasteiger partial charge in [-0.3, -0.25) is 9.69 Å². The highest BCUT2D eigenvalue weighted by atomic mass is 19.2. The molecule has 7 heteroatoms. The van der Waals surface area contributed by atoms with Crippen molar-refractivity contribution in [3.8, 4) is 0 Å². The Morgan fingerprint density at radius 1 is 1.17 bits per heavy atom. The van der Waals surface area contributed by atoms with Crippen molar-refractivity contribution in [2.45, 2.75) is 37.3 Å². The quantitative estimate of drug-likeness (QED) is 0.917. The highest BCUT2D eigenvalue weighted by Gasteiger charge is 2.59. The Labute approximate surface area is 138 Å². The van der Waals surface area contributed by atoms with E-state index >= 15 is 0 Å². The summed E-state index contributed by atoms with van der Waals surface area (Å²) in [5.74, 6) is -1.98. The zero-order valence-electron chi connectivity index (χ0n) is 13.2. The van der Waals surface area contributed by atoms with Crippen LogP contribution in [-0.4, -0.2) is 36.0 Å². The van der Waals surface area contributed by atoms with E-state index in [1.165, 1.54) is 6.07 Å². The first-order valence-electron chi connectivity index (χ1n) is 8.26. The van der Waals surface area contributed by atoms with Crippen molar-refractivity contribution in [1.29, 1.82) is 0 Å².